The molecule has 24 heavy (non-hydrogen) atoms. The van der Waals surface area contributed by atoms with Crippen LogP contribution in [0.4, 0.5) is 0 Å². The van der Waals surface area contributed by atoms with Gasteiger partial charge in [0, 0.05) is 13.2 Å². The minimum atomic E-state index is -4.54. The predicted molar refractivity (Wildman–Crippen MR) is 92.2 cm³/mol. The van der Waals surface area contributed by atoms with Crippen LogP contribution in [0.3, 0.4) is 0 Å². The van der Waals surface area contributed by atoms with Gasteiger partial charge in [0.1, 0.15) is 0 Å². The van der Waals surface area contributed by atoms with Crippen molar-refractivity contribution in [1.29, 1.82) is 0 Å². The normalized spacial score (nSPS) is 11.4. The van der Waals surface area contributed by atoms with Crippen molar-refractivity contribution in [3.05, 3.63) is 0 Å². The zero-order valence-corrected chi connectivity index (χ0v) is 16.6. The quantitative estimate of drug-likeness (QED) is 0.161. The van der Waals surface area contributed by atoms with Gasteiger partial charge >= 0.3 is 18.9 Å². The smallest absolute Gasteiger partial charge is 0.726 e. The van der Waals surface area contributed by atoms with Gasteiger partial charge in [-0.3, -0.25) is 4.18 Å². The van der Waals surface area contributed by atoms with Crippen molar-refractivity contribution in [1.82, 2.24) is 0 Å². The monoisotopic (exact) mass is 358 g/mol. The SMILES string of the molecule is CCCCCCCCCCCCCOCCCCOS(=O)(=O)[O-].[Li+]. The van der Waals surface area contributed by atoms with Gasteiger partial charge in [0.05, 0.1) is 6.61 Å². The van der Waals surface area contributed by atoms with Crippen LogP contribution in [0.1, 0.15) is 90.4 Å². The van der Waals surface area contributed by atoms with Crippen LogP contribution in [0.15, 0.2) is 0 Å². The first-order valence-electron chi connectivity index (χ1n) is 9.24. The van der Waals surface area contributed by atoms with Gasteiger partial charge in [-0.25, -0.2) is 8.42 Å². The Bertz CT molecular complexity index is 336. The molecular formula is C17H35LiO5S. The molecule has 0 heterocycles. The third-order valence-corrected chi connectivity index (χ3v) is 4.26. The van der Waals surface area contributed by atoms with Crippen LogP contribution in [0, 0.1) is 0 Å². The first-order valence-corrected chi connectivity index (χ1v) is 10.6. The fourth-order valence-corrected chi connectivity index (χ4v) is 2.76. The van der Waals surface area contributed by atoms with Crippen LogP contribution in [-0.2, 0) is 19.3 Å². The van der Waals surface area contributed by atoms with Crippen LogP contribution in [0.5, 0.6) is 0 Å². The summed E-state index contributed by atoms with van der Waals surface area (Å²) in [7, 11) is -4.54. The molecule has 0 rings (SSSR count). The summed E-state index contributed by atoms with van der Waals surface area (Å²) in [5.41, 5.74) is 0. The van der Waals surface area contributed by atoms with Crippen molar-refractivity contribution in [2.75, 3.05) is 19.8 Å². The summed E-state index contributed by atoms with van der Waals surface area (Å²) in [5.74, 6) is 0. The minimum Gasteiger partial charge on any atom is -0.726 e. The zero-order valence-electron chi connectivity index (χ0n) is 15.8. The third kappa shape index (κ3) is 24.7. The Morgan fingerprint density at radius 1 is 0.667 bits per heavy atom. The van der Waals surface area contributed by atoms with Crippen molar-refractivity contribution < 1.29 is 40.8 Å². The molecule has 0 aliphatic rings. The van der Waals surface area contributed by atoms with Gasteiger partial charge in [0.15, 0.2) is 0 Å². The van der Waals surface area contributed by atoms with Gasteiger partial charge in [-0.15, -0.1) is 0 Å². The molecule has 7 heteroatoms. The van der Waals surface area contributed by atoms with E-state index < -0.39 is 10.4 Å². The van der Waals surface area contributed by atoms with Crippen molar-refractivity contribution in [3.63, 3.8) is 0 Å². The maximum Gasteiger partial charge on any atom is 1.00 e. The van der Waals surface area contributed by atoms with E-state index in [4.69, 9.17) is 4.74 Å². The summed E-state index contributed by atoms with van der Waals surface area (Å²) >= 11 is 0. The van der Waals surface area contributed by atoms with E-state index in [-0.39, 0.29) is 25.5 Å². The fourth-order valence-electron chi connectivity index (χ4n) is 2.44. The molecule has 0 atom stereocenters. The van der Waals surface area contributed by atoms with E-state index in [0.717, 1.165) is 13.0 Å². The molecule has 0 aliphatic carbocycles. The second-order valence-corrected chi connectivity index (χ2v) is 7.14. The zero-order chi connectivity index (χ0) is 17.2. The van der Waals surface area contributed by atoms with Crippen LogP contribution >= 0.6 is 0 Å². The van der Waals surface area contributed by atoms with Crippen molar-refractivity contribution in [3.8, 4) is 0 Å². The minimum absolute atomic E-state index is 0. The predicted octanol–water partition coefficient (Wildman–Crippen LogP) is 1.58. The van der Waals surface area contributed by atoms with Gasteiger partial charge < -0.3 is 9.29 Å². The summed E-state index contributed by atoms with van der Waals surface area (Å²) in [6.45, 7) is 3.56. The number of rotatable bonds is 18. The molecule has 0 N–H and O–H groups in total. The van der Waals surface area contributed by atoms with E-state index >= 15 is 0 Å². The van der Waals surface area contributed by atoms with E-state index in [0.29, 0.717) is 19.4 Å². The van der Waals surface area contributed by atoms with E-state index in [1.165, 1.54) is 64.2 Å². The van der Waals surface area contributed by atoms with E-state index in [1.54, 1.807) is 0 Å². The molecule has 0 amide bonds. The third-order valence-electron chi connectivity index (χ3n) is 3.80. The summed E-state index contributed by atoms with van der Waals surface area (Å²) in [5, 5.41) is 0. The molecule has 0 aromatic carbocycles. The first-order chi connectivity index (χ1) is 11.1. The molecule has 0 aliphatic heterocycles. The molecule has 0 aromatic heterocycles. The van der Waals surface area contributed by atoms with Gasteiger partial charge in [0.2, 0.25) is 10.4 Å². The Morgan fingerprint density at radius 3 is 1.50 bits per heavy atom. The second kappa shape index (κ2) is 19.7. The fraction of sp³-hybridized carbons (Fsp3) is 1.00. The van der Waals surface area contributed by atoms with E-state index in [1.807, 2.05) is 0 Å². The largest absolute Gasteiger partial charge is 1.00 e. The average Bonchev–Trinajstić information content (AvgIpc) is 2.49. The average molecular weight is 358 g/mol. The number of unbranched alkanes of at least 4 members (excludes halogenated alkanes) is 11. The molecule has 5 nitrogen and oxygen atoms in total. The van der Waals surface area contributed by atoms with E-state index in [9.17, 15) is 13.0 Å². The number of hydrogen-bond donors (Lipinski definition) is 0. The van der Waals surface area contributed by atoms with Crippen LogP contribution in [-0.4, -0.2) is 32.8 Å². The van der Waals surface area contributed by atoms with Crippen molar-refractivity contribution in [2.24, 2.45) is 0 Å². The van der Waals surface area contributed by atoms with Crippen LogP contribution < -0.4 is 18.9 Å². The summed E-state index contributed by atoms with van der Waals surface area (Å²) in [6, 6.07) is 0. The Labute approximate surface area is 161 Å². The number of ether oxygens (including phenoxy) is 1. The molecular weight excluding hydrogens is 323 g/mol. The van der Waals surface area contributed by atoms with Gasteiger partial charge in [-0.2, -0.15) is 0 Å². The number of hydrogen-bond acceptors (Lipinski definition) is 5. The maximum absolute atomic E-state index is 10.2. The molecule has 0 bridgehead atoms. The Kier molecular flexibility index (Phi) is 21.9. The second-order valence-electron chi connectivity index (χ2n) is 6.09. The molecule has 0 spiro atoms. The van der Waals surface area contributed by atoms with Crippen molar-refractivity contribution >= 4 is 10.4 Å². The Hall–Kier alpha value is 0.427. The molecule has 0 fully saturated rings. The topological polar surface area (TPSA) is 75.7 Å². The summed E-state index contributed by atoms with van der Waals surface area (Å²) in [4.78, 5) is 0. The van der Waals surface area contributed by atoms with Gasteiger partial charge in [-0.05, 0) is 19.3 Å². The molecule has 0 aromatic rings. The summed E-state index contributed by atoms with van der Waals surface area (Å²) in [6.07, 6.45) is 15.8. The van der Waals surface area contributed by atoms with Crippen LogP contribution in [0.25, 0.3) is 0 Å². The molecule has 0 radical (unpaired) electrons. The van der Waals surface area contributed by atoms with E-state index in [2.05, 4.69) is 11.1 Å². The molecule has 0 unspecified atom stereocenters. The maximum atomic E-state index is 10.2. The summed E-state index contributed by atoms with van der Waals surface area (Å²) < 4.78 is 40.1. The van der Waals surface area contributed by atoms with Crippen LogP contribution in [0.2, 0.25) is 0 Å². The first kappa shape index (κ1) is 26.7. The standard InChI is InChI=1S/C17H36O5S.Li/c1-2-3-4-5-6-7-8-9-10-11-12-15-21-16-13-14-17-22-23(18,19)20;/h2-17H2,1H3,(H,18,19,20);/q;+1/p-1. The molecule has 0 saturated heterocycles. The van der Waals surface area contributed by atoms with Gasteiger partial charge in [-0.1, -0.05) is 71.1 Å². The Morgan fingerprint density at radius 2 is 1.04 bits per heavy atom. The van der Waals surface area contributed by atoms with Crippen molar-refractivity contribution in [2.45, 2.75) is 90.4 Å². The molecule has 0 saturated carbocycles. The van der Waals surface area contributed by atoms with Gasteiger partial charge in [0.25, 0.3) is 0 Å². The molecule has 140 valence electrons. The Balaban J connectivity index is 0.